The highest BCUT2D eigenvalue weighted by atomic mass is 35.5. The first kappa shape index (κ1) is 23.0. The van der Waals surface area contributed by atoms with Crippen LogP contribution in [0.4, 0.5) is 5.95 Å². The van der Waals surface area contributed by atoms with Crippen LogP contribution in [0.1, 0.15) is 24.2 Å². The van der Waals surface area contributed by atoms with Crippen LogP contribution in [-0.2, 0) is 6.42 Å². The van der Waals surface area contributed by atoms with Gasteiger partial charge in [0.2, 0.25) is 5.95 Å². The second-order valence-electron chi connectivity index (χ2n) is 6.13. The maximum absolute atomic E-state index is 10.2. The summed E-state index contributed by atoms with van der Waals surface area (Å²) >= 11 is 0. The summed E-state index contributed by atoms with van der Waals surface area (Å²) in [7, 11) is 1.67. The number of aromatic nitrogens is 3. The Labute approximate surface area is 170 Å². The van der Waals surface area contributed by atoms with Gasteiger partial charge < -0.3 is 25.9 Å². The molecule has 3 aromatic rings. The lowest BCUT2D eigenvalue weighted by Gasteiger charge is -2.17. The van der Waals surface area contributed by atoms with Crippen molar-refractivity contribution in [3.05, 3.63) is 47.9 Å². The Morgan fingerprint density at radius 1 is 1.26 bits per heavy atom. The predicted molar refractivity (Wildman–Crippen MR) is 112 cm³/mol. The summed E-state index contributed by atoms with van der Waals surface area (Å²) in [5, 5.41) is 14.7. The number of benzene rings is 1. The second kappa shape index (κ2) is 10.3. The molecule has 1 aromatic carbocycles. The van der Waals surface area contributed by atoms with Crippen molar-refractivity contribution in [1.29, 1.82) is 0 Å². The van der Waals surface area contributed by atoms with Crippen molar-refractivity contribution < 1.29 is 9.84 Å². The van der Waals surface area contributed by atoms with Crippen LogP contribution in [0.2, 0.25) is 0 Å². The van der Waals surface area contributed by atoms with Crippen LogP contribution in [0.15, 0.2) is 36.8 Å². The van der Waals surface area contributed by atoms with Crippen molar-refractivity contribution >= 4 is 41.7 Å². The summed E-state index contributed by atoms with van der Waals surface area (Å²) in [6.45, 7) is 2.51. The van der Waals surface area contributed by atoms with Gasteiger partial charge in [0.25, 0.3) is 0 Å². The van der Waals surface area contributed by atoms with E-state index >= 15 is 0 Å². The van der Waals surface area contributed by atoms with Gasteiger partial charge in [-0.15, -0.1) is 24.8 Å². The fourth-order valence-corrected chi connectivity index (χ4v) is 2.81. The van der Waals surface area contributed by atoms with Crippen molar-refractivity contribution in [1.82, 2.24) is 20.3 Å². The number of ether oxygens (including phenoxy) is 1. The molecule has 0 aliphatic rings. The lowest BCUT2D eigenvalue weighted by molar-refractivity contribution is 0.170. The number of methoxy groups -OCH3 is 1. The van der Waals surface area contributed by atoms with E-state index in [2.05, 4.69) is 27.2 Å². The number of nitrogens with two attached hydrogens (primary N) is 1. The molecule has 2 unspecified atom stereocenters. The van der Waals surface area contributed by atoms with Gasteiger partial charge in [0.1, 0.15) is 5.75 Å². The lowest BCUT2D eigenvalue weighted by Crippen LogP contribution is -2.32. The van der Waals surface area contributed by atoms with Crippen LogP contribution >= 0.6 is 24.8 Å². The van der Waals surface area contributed by atoms with Crippen LogP contribution in [0.3, 0.4) is 0 Å². The maximum atomic E-state index is 10.2. The Kier molecular flexibility index (Phi) is 8.78. The minimum Gasteiger partial charge on any atom is -0.497 e. The molecule has 0 bridgehead atoms. The average Bonchev–Trinajstić information content (AvgIpc) is 3.02. The van der Waals surface area contributed by atoms with Crippen molar-refractivity contribution in [2.24, 2.45) is 0 Å². The number of H-pyrrole nitrogens is 1. The number of halogens is 2. The fourth-order valence-electron chi connectivity index (χ4n) is 2.81. The summed E-state index contributed by atoms with van der Waals surface area (Å²) < 4.78 is 5.30. The molecule has 0 radical (unpaired) electrons. The Morgan fingerprint density at radius 2 is 1.96 bits per heavy atom. The molecule has 0 saturated carbocycles. The number of anilines is 1. The van der Waals surface area contributed by atoms with Crippen LogP contribution in [-0.4, -0.2) is 39.8 Å². The smallest absolute Gasteiger partial charge is 0.219 e. The van der Waals surface area contributed by atoms with Crippen molar-refractivity contribution in [3.8, 4) is 5.75 Å². The number of nitrogen functional groups attached to an aromatic ring is 1. The molecule has 0 fully saturated rings. The van der Waals surface area contributed by atoms with E-state index in [9.17, 15) is 5.11 Å². The van der Waals surface area contributed by atoms with Crippen LogP contribution in [0.25, 0.3) is 10.9 Å². The topological polar surface area (TPSA) is 109 Å². The number of nitrogens with one attached hydrogen (secondary N) is 2. The molecule has 0 aliphatic carbocycles. The van der Waals surface area contributed by atoms with Crippen molar-refractivity contribution in [2.45, 2.75) is 25.5 Å². The Hall–Kier alpha value is -2.06. The zero-order valence-corrected chi connectivity index (χ0v) is 16.8. The SMILES string of the molecule is COc1ccc2[nH]cc(CC(C)NCC(O)c3cnc(N)nc3)c2c1.Cl.Cl. The van der Waals surface area contributed by atoms with E-state index in [1.165, 1.54) is 5.56 Å². The number of aliphatic hydroxyl groups excluding tert-OH is 1. The molecule has 148 valence electrons. The normalized spacial score (nSPS) is 12.7. The predicted octanol–water partition coefficient (Wildman–Crippen LogP) is 2.65. The molecule has 2 heterocycles. The molecular weight excluding hydrogens is 389 g/mol. The van der Waals surface area contributed by atoms with E-state index in [0.29, 0.717) is 12.1 Å². The lowest BCUT2D eigenvalue weighted by atomic mass is 10.1. The van der Waals surface area contributed by atoms with E-state index in [-0.39, 0.29) is 36.8 Å². The van der Waals surface area contributed by atoms with Gasteiger partial charge in [-0.3, -0.25) is 0 Å². The maximum Gasteiger partial charge on any atom is 0.219 e. The van der Waals surface area contributed by atoms with Gasteiger partial charge >= 0.3 is 0 Å². The van der Waals surface area contributed by atoms with Crippen LogP contribution in [0, 0.1) is 0 Å². The van der Waals surface area contributed by atoms with E-state index in [0.717, 1.165) is 23.1 Å². The van der Waals surface area contributed by atoms with E-state index in [1.807, 2.05) is 24.4 Å². The highest BCUT2D eigenvalue weighted by molar-refractivity contribution is 5.86. The number of aliphatic hydroxyl groups is 1. The number of hydrogen-bond donors (Lipinski definition) is 4. The third-order valence-electron chi connectivity index (χ3n) is 4.24. The highest BCUT2D eigenvalue weighted by Gasteiger charge is 2.13. The van der Waals surface area contributed by atoms with Gasteiger partial charge in [-0.05, 0) is 37.1 Å². The molecular formula is C18H25Cl2N5O2. The van der Waals surface area contributed by atoms with E-state index in [1.54, 1.807) is 19.5 Å². The summed E-state index contributed by atoms with van der Waals surface area (Å²) in [4.78, 5) is 11.1. The number of nitrogens with zero attached hydrogens (tertiary/aromatic N) is 2. The van der Waals surface area contributed by atoms with Gasteiger partial charge in [-0.25, -0.2) is 9.97 Å². The average molecular weight is 414 g/mol. The van der Waals surface area contributed by atoms with Crippen molar-refractivity contribution in [3.63, 3.8) is 0 Å². The van der Waals surface area contributed by atoms with Gasteiger partial charge in [-0.2, -0.15) is 0 Å². The largest absolute Gasteiger partial charge is 0.497 e. The number of aromatic amines is 1. The second-order valence-corrected chi connectivity index (χ2v) is 6.13. The van der Waals surface area contributed by atoms with Crippen molar-refractivity contribution in [2.75, 3.05) is 19.4 Å². The third-order valence-corrected chi connectivity index (χ3v) is 4.24. The first-order valence-electron chi connectivity index (χ1n) is 8.19. The van der Waals surface area contributed by atoms with E-state index < -0.39 is 6.10 Å². The van der Waals surface area contributed by atoms with E-state index in [4.69, 9.17) is 10.5 Å². The van der Waals surface area contributed by atoms with Gasteiger partial charge in [0.05, 0.1) is 13.2 Å². The minimum atomic E-state index is -0.675. The quantitative estimate of drug-likeness (QED) is 0.473. The number of hydrogen-bond acceptors (Lipinski definition) is 6. The molecule has 0 spiro atoms. The molecule has 0 saturated heterocycles. The summed E-state index contributed by atoms with van der Waals surface area (Å²) in [6.07, 6.45) is 5.27. The molecule has 2 atom stereocenters. The zero-order chi connectivity index (χ0) is 17.8. The molecule has 2 aromatic heterocycles. The number of rotatable bonds is 7. The standard InChI is InChI=1S/C18H23N5O2.2ClH/c1-11(20-10-17(24)13-8-22-18(19)23-9-13)5-12-7-21-16-4-3-14(25-2)6-15(12)16;;/h3-4,6-9,11,17,20-21,24H,5,10H2,1-2H3,(H2,19,22,23);2*1H. The molecule has 5 N–H and O–H groups in total. The fraction of sp³-hybridized carbons (Fsp3) is 0.333. The van der Waals surface area contributed by atoms with Crippen LogP contribution in [0.5, 0.6) is 5.75 Å². The molecule has 9 heteroatoms. The summed E-state index contributed by atoms with van der Waals surface area (Å²) in [5.41, 5.74) is 8.40. The monoisotopic (exact) mass is 413 g/mol. The first-order valence-corrected chi connectivity index (χ1v) is 8.19. The van der Waals surface area contributed by atoms with Gasteiger partial charge in [0, 0.05) is 47.6 Å². The third kappa shape index (κ3) is 5.71. The zero-order valence-electron chi connectivity index (χ0n) is 15.2. The molecule has 0 amide bonds. The molecule has 0 aliphatic heterocycles. The summed E-state index contributed by atoms with van der Waals surface area (Å²) in [5.74, 6) is 1.04. The Bertz CT molecular complexity index is 841. The first-order chi connectivity index (χ1) is 12.1. The molecule has 3 rings (SSSR count). The Morgan fingerprint density at radius 3 is 2.63 bits per heavy atom. The number of fused-ring (bicyclic) bond motifs is 1. The van der Waals surface area contributed by atoms with Gasteiger partial charge in [-0.1, -0.05) is 0 Å². The summed E-state index contributed by atoms with van der Waals surface area (Å²) in [6, 6.07) is 6.18. The minimum absolute atomic E-state index is 0. The molecule has 27 heavy (non-hydrogen) atoms. The highest BCUT2D eigenvalue weighted by Crippen LogP contribution is 2.24. The van der Waals surface area contributed by atoms with Crippen LogP contribution < -0.4 is 15.8 Å². The molecule has 7 nitrogen and oxygen atoms in total. The van der Waals surface area contributed by atoms with Gasteiger partial charge in [0.15, 0.2) is 0 Å². The Balaban J connectivity index is 0.00000182.